The van der Waals surface area contributed by atoms with Crippen LogP contribution in [0.4, 0.5) is 18.9 Å². The van der Waals surface area contributed by atoms with Crippen LogP contribution >= 0.6 is 0 Å². The lowest BCUT2D eigenvalue weighted by Crippen LogP contribution is -2.47. The van der Waals surface area contributed by atoms with Crippen LogP contribution in [-0.2, 0) is 16.1 Å². The number of carbonyl (C=O) groups excluding carboxylic acids is 2. The molecule has 1 heterocycles. The Morgan fingerprint density at radius 2 is 1.83 bits per heavy atom. The minimum absolute atomic E-state index is 0.120. The number of carboxylic acid groups (broad SMARTS) is 1. The summed E-state index contributed by atoms with van der Waals surface area (Å²) in [4.78, 5) is 41.3. The number of rotatable bonds is 10. The van der Waals surface area contributed by atoms with Crippen molar-refractivity contribution < 1.29 is 47.2 Å². The monoisotopic (exact) mass is 665 g/mol. The molecule has 1 aliphatic rings. The van der Waals surface area contributed by atoms with Gasteiger partial charge in [-0.3, -0.25) is 14.5 Å². The molecule has 0 saturated heterocycles. The molecule has 2 aromatic carbocycles. The van der Waals surface area contributed by atoms with E-state index in [-0.39, 0.29) is 53.8 Å². The third kappa shape index (κ3) is 12.1. The van der Waals surface area contributed by atoms with E-state index in [1.807, 2.05) is 20.9 Å². The number of carboxylic acids is 1. The first-order chi connectivity index (χ1) is 22.2. The fraction of sp³-hybridized carbons (Fsp3) is 0.559. The fourth-order valence-corrected chi connectivity index (χ4v) is 5.38. The maximum Gasteiger partial charge on any atom is 0.389 e. The number of nitrogens with zero attached hydrogens (tertiary/aromatic N) is 2. The van der Waals surface area contributed by atoms with E-state index in [2.05, 4.69) is 10.2 Å². The van der Waals surface area contributed by atoms with Gasteiger partial charge in [-0.05, 0) is 76.1 Å². The Morgan fingerprint density at radius 3 is 2.47 bits per heavy atom. The zero-order valence-corrected chi connectivity index (χ0v) is 27.4. The van der Waals surface area contributed by atoms with E-state index in [0.717, 1.165) is 18.4 Å². The van der Waals surface area contributed by atoms with E-state index in [0.29, 0.717) is 26.1 Å². The number of nitrogens with one attached hydrogen (secondary N) is 1. The van der Waals surface area contributed by atoms with E-state index in [9.17, 15) is 37.8 Å². The fourth-order valence-electron chi connectivity index (χ4n) is 5.38. The SMILES string of the molecule is C[C@@H]1CN([C@@H](C)CO)C(=O)c2cc(NC(=O)CCC(F)(F)F)ccc2O[C@@H](C)CCCCO[C@@H]1CN(C)Cc1ccc(C(=O)O)cc1. The molecule has 0 aromatic heterocycles. The second-order valence-electron chi connectivity index (χ2n) is 12.4. The minimum Gasteiger partial charge on any atom is -0.490 e. The number of hydrogen-bond acceptors (Lipinski definition) is 7. The van der Waals surface area contributed by atoms with Crippen LogP contribution in [0.1, 0.15) is 79.2 Å². The lowest BCUT2D eigenvalue weighted by atomic mass is 10.0. The van der Waals surface area contributed by atoms with E-state index < -0.39 is 42.8 Å². The molecule has 2 amide bonds. The number of ether oxygens (including phenoxy) is 2. The number of halogens is 3. The largest absolute Gasteiger partial charge is 0.490 e. The second kappa shape index (κ2) is 17.5. The predicted molar refractivity (Wildman–Crippen MR) is 171 cm³/mol. The topological polar surface area (TPSA) is 129 Å². The van der Waals surface area contributed by atoms with Crippen LogP contribution < -0.4 is 10.1 Å². The Morgan fingerprint density at radius 1 is 1.13 bits per heavy atom. The highest BCUT2D eigenvalue weighted by Gasteiger charge is 2.31. The third-order valence-electron chi connectivity index (χ3n) is 8.12. The standard InChI is InChI=1S/C34H46F3N3O7/c1-22-18-40(23(2)21-41)32(43)28-17-27(38-31(42)14-15-34(35,36)37)12-13-29(28)47-24(3)7-5-6-16-46-30(22)20-39(4)19-25-8-10-26(11-9-25)33(44)45/h8-13,17,22-24,30,41H,5-7,14-16,18-21H2,1-4H3,(H,38,42)(H,44,45)/t22-,23+,24+,30-/m1/s1. The summed E-state index contributed by atoms with van der Waals surface area (Å²) < 4.78 is 50.5. The lowest BCUT2D eigenvalue weighted by Gasteiger charge is -2.36. The lowest BCUT2D eigenvalue weighted by molar-refractivity contribution is -0.142. The maximum absolute atomic E-state index is 14.2. The van der Waals surface area contributed by atoms with Gasteiger partial charge in [0.2, 0.25) is 5.91 Å². The highest BCUT2D eigenvalue weighted by molar-refractivity contribution is 5.99. The van der Waals surface area contributed by atoms with Crippen molar-refractivity contribution in [2.45, 2.75) is 83.8 Å². The average molecular weight is 666 g/mol. The van der Waals surface area contributed by atoms with Crippen LogP contribution in [0.25, 0.3) is 0 Å². The summed E-state index contributed by atoms with van der Waals surface area (Å²) in [5, 5.41) is 21.8. The zero-order valence-electron chi connectivity index (χ0n) is 27.4. The van der Waals surface area contributed by atoms with Gasteiger partial charge in [0.25, 0.3) is 5.91 Å². The number of carbonyl (C=O) groups is 3. The Hall–Kier alpha value is -3.68. The van der Waals surface area contributed by atoms with Crippen LogP contribution in [0.5, 0.6) is 5.75 Å². The second-order valence-corrected chi connectivity index (χ2v) is 12.4. The molecule has 10 nitrogen and oxygen atoms in total. The number of anilines is 1. The number of hydrogen-bond donors (Lipinski definition) is 3. The van der Waals surface area contributed by atoms with E-state index in [4.69, 9.17) is 9.47 Å². The van der Waals surface area contributed by atoms with Gasteiger partial charge in [0.05, 0.1) is 42.4 Å². The van der Waals surface area contributed by atoms with Gasteiger partial charge in [0, 0.05) is 44.3 Å². The van der Waals surface area contributed by atoms with Crippen molar-refractivity contribution in [3.05, 3.63) is 59.2 Å². The molecule has 47 heavy (non-hydrogen) atoms. The Kier molecular flexibility index (Phi) is 14.0. The maximum atomic E-state index is 14.2. The summed E-state index contributed by atoms with van der Waals surface area (Å²) in [6.45, 7) is 7.00. The van der Waals surface area contributed by atoms with Gasteiger partial charge >= 0.3 is 12.1 Å². The Labute approximate surface area is 273 Å². The summed E-state index contributed by atoms with van der Waals surface area (Å²) >= 11 is 0. The first-order valence-electron chi connectivity index (χ1n) is 15.9. The van der Waals surface area contributed by atoms with Crippen molar-refractivity contribution in [2.24, 2.45) is 5.92 Å². The number of likely N-dealkylation sites (N-methyl/N-ethyl adjacent to an activating group) is 1. The predicted octanol–water partition coefficient (Wildman–Crippen LogP) is 5.59. The molecule has 0 radical (unpaired) electrons. The molecule has 0 spiro atoms. The van der Waals surface area contributed by atoms with Crippen molar-refractivity contribution in [1.29, 1.82) is 0 Å². The zero-order chi connectivity index (χ0) is 34.7. The highest BCUT2D eigenvalue weighted by Crippen LogP contribution is 2.29. The number of benzene rings is 2. The van der Waals surface area contributed by atoms with Crippen LogP contribution in [0, 0.1) is 5.92 Å². The molecule has 1 aliphatic heterocycles. The molecule has 13 heteroatoms. The molecule has 3 N–H and O–H groups in total. The van der Waals surface area contributed by atoms with E-state index >= 15 is 0 Å². The number of fused-ring (bicyclic) bond motifs is 1. The first kappa shape index (κ1) is 37.8. The van der Waals surface area contributed by atoms with Gasteiger partial charge in [0.1, 0.15) is 5.75 Å². The number of alkyl halides is 3. The summed E-state index contributed by atoms with van der Waals surface area (Å²) in [7, 11) is 1.94. The smallest absolute Gasteiger partial charge is 0.389 e. The van der Waals surface area contributed by atoms with Crippen LogP contribution in [0.3, 0.4) is 0 Å². The molecule has 0 fully saturated rings. The minimum atomic E-state index is -4.48. The van der Waals surface area contributed by atoms with Crippen molar-refractivity contribution in [3.63, 3.8) is 0 Å². The quantitative estimate of drug-likeness (QED) is 0.300. The summed E-state index contributed by atoms with van der Waals surface area (Å²) in [6, 6.07) is 10.5. The molecule has 2 aromatic rings. The van der Waals surface area contributed by atoms with Gasteiger partial charge in [0.15, 0.2) is 0 Å². The molecule has 3 rings (SSSR count). The van der Waals surface area contributed by atoms with Gasteiger partial charge in [-0.15, -0.1) is 0 Å². The van der Waals surface area contributed by atoms with Crippen molar-refractivity contribution in [2.75, 3.05) is 38.7 Å². The van der Waals surface area contributed by atoms with E-state index in [1.165, 1.54) is 23.1 Å². The first-order valence-corrected chi connectivity index (χ1v) is 15.9. The van der Waals surface area contributed by atoms with Crippen LogP contribution in [-0.4, -0.2) is 95.6 Å². The van der Waals surface area contributed by atoms with E-state index in [1.54, 1.807) is 31.2 Å². The Bertz CT molecular complexity index is 1340. The molecule has 0 bridgehead atoms. The number of aliphatic hydroxyl groups is 1. The normalized spacial score (nSPS) is 20.6. The van der Waals surface area contributed by atoms with Crippen LogP contribution in [0.15, 0.2) is 42.5 Å². The molecule has 0 saturated carbocycles. The summed E-state index contributed by atoms with van der Waals surface area (Å²) in [5.74, 6) is -2.21. The van der Waals surface area contributed by atoms with Crippen molar-refractivity contribution in [1.82, 2.24) is 9.80 Å². The van der Waals surface area contributed by atoms with Gasteiger partial charge in [-0.2, -0.15) is 13.2 Å². The number of amides is 2. The summed E-state index contributed by atoms with van der Waals surface area (Å²) in [5.41, 5.74) is 1.42. The van der Waals surface area contributed by atoms with Gasteiger partial charge in [-0.25, -0.2) is 4.79 Å². The molecule has 260 valence electrons. The molecule has 0 aliphatic carbocycles. The van der Waals surface area contributed by atoms with Crippen molar-refractivity contribution >= 4 is 23.5 Å². The molecular weight excluding hydrogens is 619 g/mol. The Balaban J connectivity index is 1.87. The summed E-state index contributed by atoms with van der Waals surface area (Å²) in [6.07, 6.45) is -4.80. The number of aromatic carboxylic acids is 1. The molecule has 4 atom stereocenters. The van der Waals surface area contributed by atoms with Crippen molar-refractivity contribution in [3.8, 4) is 5.75 Å². The highest BCUT2D eigenvalue weighted by atomic mass is 19.4. The average Bonchev–Trinajstić information content (AvgIpc) is 3.01. The number of aliphatic hydroxyl groups excluding tert-OH is 1. The third-order valence-corrected chi connectivity index (χ3v) is 8.12. The molecular formula is C34H46F3N3O7. The van der Waals surface area contributed by atoms with Crippen LogP contribution in [0.2, 0.25) is 0 Å². The van der Waals surface area contributed by atoms with Gasteiger partial charge in [-0.1, -0.05) is 19.1 Å². The molecule has 0 unspecified atom stereocenters. The van der Waals surface area contributed by atoms with Gasteiger partial charge < -0.3 is 29.9 Å².